The van der Waals surface area contributed by atoms with Crippen molar-refractivity contribution in [3.05, 3.63) is 30.1 Å². The van der Waals surface area contributed by atoms with Gasteiger partial charge in [-0.3, -0.25) is 4.90 Å². The first-order valence-corrected chi connectivity index (χ1v) is 8.44. The Morgan fingerprint density at radius 1 is 1.29 bits per heavy atom. The third kappa shape index (κ3) is 3.12. The first-order chi connectivity index (χ1) is 10.3. The van der Waals surface area contributed by atoms with Crippen molar-refractivity contribution >= 4 is 11.8 Å². The van der Waals surface area contributed by atoms with Crippen LogP contribution in [0.2, 0.25) is 0 Å². The Morgan fingerprint density at radius 3 is 2.81 bits per heavy atom. The second kappa shape index (κ2) is 6.60. The topological polar surface area (TPSA) is 54.2 Å². The molecule has 2 heterocycles. The lowest BCUT2D eigenvalue weighted by Gasteiger charge is -2.30. The van der Waals surface area contributed by atoms with E-state index in [1.165, 1.54) is 0 Å². The fourth-order valence-corrected chi connectivity index (χ4v) is 3.16. The zero-order valence-electron chi connectivity index (χ0n) is 12.4. The van der Waals surface area contributed by atoms with Crippen molar-refractivity contribution in [1.29, 1.82) is 0 Å². The van der Waals surface area contributed by atoms with Gasteiger partial charge in [-0.2, -0.15) is 4.98 Å². The highest BCUT2D eigenvalue weighted by Crippen LogP contribution is 2.30. The summed E-state index contributed by atoms with van der Waals surface area (Å²) in [6.45, 7) is 6.22. The van der Waals surface area contributed by atoms with Gasteiger partial charge in [0.2, 0.25) is 0 Å². The molecule has 112 valence electrons. The van der Waals surface area contributed by atoms with Gasteiger partial charge in [0.05, 0.1) is 11.6 Å². The Labute approximate surface area is 129 Å². The summed E-state index contributed by atoms with van der Waals surface area (Å²) in [6, 6.07) is 8.31. The van der Waals surface area contributed by atoms with Crippen LogP contribution in [0.1, 0.15) is 18.8 Å². The molecule has 3 rings (SSSR count). The van der Waals surface area contributed by atoms with Gasteiger partial charge in [0.25, 0.3) is 5.89 Å². The molecule has 0 radical (unpaired) electrons. The lowest BCUT2D eigenvalue weighted by atomic mass is 10.2. The predicted molar refractivity (Wildman–Crippen MR) is 84.4 cm³/mol. The second-order valence-corrected chi connectivity index (χ2v) is 5.97. The molecule has 1 aliphatic heterocycles. The summed E-state index contributed by atoms with van der Waals surface area (Å²) in [5.41, 5.74) is 1.01. The van der Waals surface area contributed by atoms with Gasteiger partial charge in [-0.15, -0.1) is 11.8 Å². The fourth-order valence-electron chi connectivity index (χ4n) is 2.57. The largest absolute Gasteiger partial charge is 0.334 e. The Morgan fingerprint density at radius 2 is 2.05 bits per heavy atom. The minimum Gasteiger partial charge on any atom is -0.334 e. The zero-order chi connectivity index (χ0) is 14.7. The van der Waals surface area contributed by atoms with Crippen molar-refractivity contribution in [3.63, 3.8) is 0 Å². The van der Waals surface area contributed by atoms with Crippen LogP contribution in [0, 0.1) is 0 Å². The summed E-state index contributed by atoms with van der Waals surface area (Å²) in [6.07, 6.45) is 2.06. The van der Waals surface area contributed by atoms with E-state index in [9.17, 15) is 0 Å². The molecule has 0 saturated carbocycles. The van der Waals surface area contributed by atoms with E-state index in [0.717, 1.165) is 42.5 Å². The Kier molecular flexibility index (Phi) is 4.57. The maximum absolute atomic E-state index is 5.49. The Bertz CT molecular complexity index is 595. The van der Waals surface area contributed by atoms with Gasteiger partial charge >= 0.3 is 0 Å². The fraction of sp³-hybridized carbons (Fsp3) is 0.467. The van der Waals surface area contributed by atoms with Gasteiger partial charge in [0.1, 0.15) is 0 Å². The van der Waals surface area contributed by atoms with E-state index in [0.29, 0.717) is 5.89 Å². The van der Waals surface area contributed by atoms with Gasteiger partial charge in [-0.1, -0.05) is 17.3 Å². The van der Waals surface area contributed by atoms with Gasteiger partial charge in [0, 0.05) is 31.1 Å². The van der Waals surface area contributed by atoms with Crippen molar-refractivity contribution < 1.29 is 4.52 Å². The van der Waals surface area contributed by atoms with E-state index in [1.54, 1.807) is 11.8 Å². The number of piperazine rings is 1. The van der Waals surface area contributed by atoms with Crippen molar-refractivity contribution in [3.8, 4) is 11.5 Å². The minimum absolute atomic E-state index is 0.186. The van der Waals surface area contributed by atoms with Crippen LogP contribution < -0.4 is 5.32 Å². The molecule has 0 amide bonds. The van der Waals surface area contributed by atoms with Crippen LogP contribution in [0.5, 0.6) is 0 Å². The molecular weight excluding hydrogens is 284 g/mol. The molecule has 1 atom stereocenters. The number of hydrogen-bond donors (Lipinski definition) is 1. The lowest BCUT2D eigenvalue weighted by molar-refractivity contribution is 0.176. The standard InChI is InChI=1S/C15H20N4OS/c1-11(19-9-7-16-8-10-19)14-17-15(20-18-14)12-5-3-4-6-13(12)21-2/h3-6,11,16H,7-10H2,1-2H3. The van der Waals surface area contributed by atoms with Crippen LogP contribution >= 0.6 is 11.8 Å². The average Bonchev–Trinajstić information content (AvgIpc) is 3.04. The number of aromatic nitrogens is 2. The summed E-state index contributed by atoms with van der Waals surface area (Å²) >= 11 is 1.69. The molecule has 6 heteroatoms. The molecule has 1 saturated heterocycles. The quantitative estimate of drug-likeness (QED) is 0.876. The molecule has 1 aromatic heterocycles. The van der Waals surface area contributed by atoms with Crippen molar-refractivity contribution in [2.75, 3.05) is 32.4 Å². The second-order valence-electron chi connectivity index (χ2n) is 5.12. The molecule has 1 aliphatic rings. The third-order valence-electron chi connectivity index (χ3n) is 3.85. The first kappa shape index (κ1) is 14.6. The molecule has 1 unspecified atom stereocenters. The summed E-state index contributed by atoms with van der Waals surface area (Å²) < 4.78 is 5.49. The van der Waals surface area contributed by atoms with Gasteiger partial charge in [-0.25, -0.2) is 0 Å². The van der Waals surface area contributed by atoms with Crippen LogP contribution in [-0.2, 0) is 0 Å². The highest BCUT2D eigenvalue weighted by atomic mass is 32.2. The number of nitrogens with one attached hydrogen (secondary N) is 1. The van der Waals surface area contributed by atoms with Crippen molar-refractivity contribution in [1.82, 2.24) is 20.4 Å². The molecule has 1 fully saturated rings. The van der Waals surface area contributed by atoms with E-state index in [2.05, 4.69) is 39.6 Å². The molecule has 1 aromatic carbocycles. The molecule has 1 N–H and O–H groups in total. The molecule has 0 aliphatic carbocycles. The van der Waals surface area contributed by atoms with E-state index in [1.807, 2.05) is 18.2 Å². The highest BCUT2D eigenvalue weighted by Gasteiger charge is 2.23. The van der Waals surface area contributed by atoms with Gasteiger partial charge in [-0.05, 0) is 25.3 Å². The lowest BCUT2D eigenvalue weighted by Crippen LogP contribution is -2.44. The average molecular weight is 304 g/mol. The normalized spacial score (nSPS) is 17.8. The van der Waals surface area contributed by atoms with Crippen LogP contribution in [-0.4, -0.2) is 47.5 Å². The Balaban J connectivity index is 1.82. The number of hydrogen-bond acceptors (Lipinski definition) is 6. The molecule has 21 heavy (non-hydrogen) atoms. The number of thioether (sulfide) groups is 1. The maximum Gasteiger partial charge on any atom is 0.259 e. The SMILES string of the molecule is CSc1ccccc1-c1nc(C(C)N2CCNCC2)no1. The highest BCUT2D eigenvalue weighted by molar-refractivity contribution is 7.98. The molecular formula is C15H20N4OS. The van der Waals surface area contributed by atoms with Crippen molar-refractivity contribution in [2.45, 2.75) is 17.9 Å². The van der Waals surface area contributed by atoms with Crippen molar-refractivity contribution in [2.24, 2.45) is 0 Å². The summed E-state index contributed by atoms with van der Waals surface area (Å²) in [4.78, 5) is 8.15. The first-order valence-electron chi connectivity index (χ1n) is 7.21. The summed E-state index contributed by atoms with van der Waals surface area (Å²) in [5.74, 6) is 1.37. The maximum atomic E-state index is 5.49. The molecule has 2 aromatic rings. The number of rotatable bonds is 4. The van der Waals surface area contributed by atoms with Crippen LogP contribution in [0.15, 0.2) is 33.7 Å². The van der Waals surface area contributed by atoms with Crippen LogP contribution in [0.3, 0.4) is 0 Å². The Hall–Kier alpha value is -1.37. The number of benzene rings is 1. The van der Waals surface area contributed by atoms with E-state index in [-0.39, 0.29) is 6.04 Å². The zero-order valence-corrected chi connectivity index (χ0v) is 13.2. The number of nitrogens with zero attached hydrogens (tertiary/aromatic N) is 3. The predicted octanol–water partition coefficient (Wildman–Crippen LogP) is 2.42. The monoisotopic (exact) mass is 304 g/mol. The van der Waals surface area contributed by atoms with E-state index >= 15 is 0 Å². The van der Waals surface area contributed by atoms with E-state index in [4.69, 9.17) is 4.52 Å². The third-order valence-corrected chi connectivity index (χ3v) is 4.65. The minimum atomic E-state index is 0.186. The summed E-state index contributed by atoms with van der Waals surface area (Å²) in [5, 5.41) is 7.54. The molecule has 0 bridgehead atoms. The molecule has 0 spiro atoms. The van der Waals surface area contributed by atoms with E-state index < -0.39 is 0 Å². The molecule has 5 nitrogen and oxygen atoms in total. The van der Waals surface area contributed by atoms with Crippen LogP contribution in [0.4, 0.5) is 0 Å². The van der Waals surface area contributed by atoms with Gasteiger partial charge in [0.15, 0.2) is 5.82 Å². The summed E-state index contributed by atoms with van der Waals surface area (Å²) in [7, 11) is 0. The smallest absolute Gasteiger partial charge is 0.259 e. The van der Waals surface area contributed by atoms with Gasteiger partial charge < -0.3 is 9.84 Å². The van der Waals surface area contributed by atoms with Crippen LogP contribution in [0.25, 0.3) is 11.5 Å².